The van der Waals surface area contributed by atoms with Crippen molar-refractivity contribution in [1.29, 1.82) is 0 Å². The van der Waals surface area contributed by atoms with Gasteiger partial charge in [-0.05, 0) is 0 Å². The number of allylic oxidation sites excluding steroid dienone is 4. The molecular formula is C17H24O4Ti. The summed E-state index contributed by atoms with van der Waals surface area (Å²) in [6, 6.07) is 0. The third kappa shape index (κ3) is 3.18. The van der Waals surface area contributed by atoms with Crippen molar-refractivity contribution in [3.05, 3.63) is 45.9 Å². The van der Waals surface area contributed by atoms with E-state index in [1.807, 2.05) is 13.8 Å². The molecule has 0 saturated heterocycles. The topological polar surface area (TPSA) is 52.6 Å². The summed E-state index contributed by atoms with van der Waals surface area (Å²) in [5, 5.41) is 1.76. The second-order valence-electron chi connectivity index (χ2n) is 6.07. The van der Waals surface area contributed by atoms with Crippen LogP contribution < -0.4 is 0 Å². The molecule has 0 saturated carbocycles. The Labute approximate surface area is 136 Å². The van der Waals surface area contributed by atoms with Gasteiger partial charge in [0.1, 0.15) is 0 Å². The van der Waals surface area contributed by atoms with Gasteiger partial charge in [-0.3, -0.25) is 0 Å². The number of hydrogen-bond acceptors (Lipinski definition) is 4. The van der Waals surface area contributed by atoms with Crippen LogP contribution in [0.4, 0.5) is 0 Å². The van der Waals surface area contributed by atoms with E-state index in [-0.39, 0.29) is 5.41 Å². The summed E-state index contributed by atoms with van der Waals surface area (Å²) in [6.45, 7) is 17.0. The molecule has 4 nitrogen and oxygen atoms in total. The zero-order valence-corrected chi connectivity index (χ0v) is 15.8. The van der Waals surface area contributed by atoms with Gasteiger partial charge in [-0.25, -0.2) is 0 Å². The van der Waals surface area contributed by atoms with Crippen molar-refractivity contribution in [2.45, 2.75) is 39.8 Å². The van der Waals surface area contributed by atoms with Gasteiger partial charge >= 0.3 is 137 Å². The van der Waals surface area contributed by atoms with Gasteiger partial charge in [-0.1, -0.05) is 0 Å². The third-order valence-corrected chi connectivity index (χ3v) is 9.27. The molecule has 0 bridgehead atoms. The molecular weight excluding hydrogens is 316 g/mol. The van der Waals surface area contributed by atoms with Crippen molar-refractivity contribution in [2.24, 2.45) is 5.41 Å². The molecule has 0 N–H and O–H groups in total. The van der Waals surface area contributed by atoms with Crippen molar-refractivity contribution in [3.63, 3.8) is 0 Å². The molecule has 0 aromatic rings. The van der Waals surface area contributed by atoms with E-state index >= 15 is 0 Å². The van der Waals surface area contributed by atoms with Crippen LogP contribution in [0.15, 0.2) is 45.9 Å². The third-order valence-electron chi connectivity index (χ3n) is 4.44. The Morgan fingerprint density at radius 2 is 1.41 bits per heavy atom. The Morgan fingerprint density at radius 3 is 1.68 bits per heavy atom. The summed E-state index contributed by atoms with van der Waals surface area (Å²) in [5.74, 6) is -1.14. The van der Waals surface area contributed by atoms with Gasteiger partial charge in [0.05, 0.1) is 0 Å². The van der Waals surface area contributed by atoms with Gasteiger partial charge in [-0.2, -0.15) is 0 Å². The number of carbonyl (C=O) groups is 2. The van der Waals surface area contributed by atoms with Gasteiger partial charge in [0, 0.05) is 0 Å². The Kier molecular flexibility index (Phi) is 5.42. The van der Waals surface area contributed by atoms with Gasteiger partial charge in [0.2, 0.25) is 0 Å². The maximum absolute atomic E-state index is 11.8. The minimum absolute atomic E-state index is 0.314. The van der Waals surface area contributed by atoms with Crippen LogP contribution in [-0.2, 0) is 33.6 Å². The fourth-order valence-corrected chi connectivity index (χ4v) is 8.36. The monoisotopic (exact) mass is 340 g/mol. The first-order chi connectivity index (χ1) is 10.0. The van der Waals surface area contributed by atoms with Crippen molar-refractivity contribution in [3.8, 4) is 0 Å². The van der Waals surface area contributed by atoms with E-state index in [0.29, 0.717) is 0 Å². The predicted octanol–water partition coefficient (Wildman–Crippen LogP) is 4.13. The quantitative estimate of drug-likeness (QED) is 0.558. The van der Waals surface area contributed by atoms with E-state index in [4.69, 9.17) is 6.64 Å². The molecule has 0 aromatic heterocycles. The zero-order valence-electron chi connectivity index (χ0n) is 14.2. The summed E-state index contributed by atoms with van der Waals surface area (Å²) in [5.41, 5.74) is 3.08. The van der Waals surface area contributed by atoms with Crippen LogP contribution in [0.5, 0.6) is 0 Å². The average molecular weight is 340 g/mol. The van der Waals surface area contributed by atoms with Crippen molar-refractivity contribution >= 4 is 11.9 Å². The second kappa shape index (κ2) is 6.39. The van der Waals surface area contributed by atoms with Crippen molar-refractivity contribution < 1.29 is 33.6 Å². The molecule has 0 spiro atoms. The first kappa shape index (κ1) is 18.7. The number of rotatable bonds is 5. The van der Waals surface area contributed by atoms with E-state index < -0.39 is 29.3 Å². The molecule has 5 heteroatoms. The Hall–Kier alpha value is -1.39. The Balaban J connectivity index is 3.46. The molecule has 0 aromatic carbocycles. The first-order valence-electron chi connectivity index (χ1n) is 7.12. The van der Waals surface area contributed by atoms with E-state index in [0.717, 1.165) is 27.2 Å². The Morgan fingerprint density at radius 1 is 1.00 bits per heavy atom. The second-order valence-corrected chi connectivity index (χ2v) is 10.4. The normalized spacial score (nSPS) is 17.4. The fraction of sp³-hybridized carbons (Fsp3) is 0.412. The molecule has 0 fully saturated rings. The van der Waals surface area contributed by atoms with Crippen LogP contribution in [0, 0.1) is 5.41 Å². The summed E-state index contributed by atoms with van der Waals surface area (Å²) in [7, 11) is 0. The Bertz CT molecular complexity index is 586. The molecule has 0 atom stereocenters. The molecule has 1 rings (SSSR count). The van der Waals surface area contributed by atoms with E-state index in [2.05, 4.69) is 33.9 Å². The molecule has 0 unspecified atom stereocenters. The fourth-order valence-electron chi connectivity index (χ4n) is 3.09. The van der Waals surface area contributed by atoms with Crippen LogP contribution in [0.25, 0.3) is 0 Å². The average Bonchev–Trinajstić information content (AvgIpc) is 2.58. The molecule has 0 aliphatic heterocycles. The van der Waals surface area contributed by atoms with Gasteiger partial charge in [0.15, 0.2) is 0 Å². The molecule has 1 aliphatic carbocycles. The van der Waals surface area contributed by atoms with Crippen LogP contribution in [0.2, 0.25) is 5.23 Å². The summed E-state index contributed by atoms with van der Waals surface area (Å²) < 4.78 is 12.1. The van der Waals surface area contributed by atoms with E-state index in [1.165, 1.54) is 5.57 Å². The number of carbonyl (C=O) groups excluding carboxylic acids is 2. The molecule has 1 aliphatic rings. The summed E-state index contributed by atoms with van der Waals surface area (Å²) >= 11 is -3.89. The standard InChI is InChI=1S/C10H15.2C3H4O2.CH3.Ti/c1-7-6-10(4,5)9(3)8(7)2;2*1-2-3(4)5;;/h1-5H3;2*2H,1H2,(H,4,5);1H3;/q;;;;+2/p-2. The minimum atomic E-state index is -3.89. The summed E-state index contributed by atoms with van der Waals surface area (Å²) in [4.78, 5) is 23.6. The summed E-state index contributed by atoms with van der Waals surface area (Å²) in [6.07, 6.45) is 2.19. The molecule has 22 heavy (non-hydrogen) atoms. The van der Waals surface area contributed by atoms with Crippen LogP contribution in [0.3, 0.4) is 0 Å². The van der Waals surface area contributed by atoms with Crippen LogP contribution in [-0.4, -0.2) is 11.9 Å². The van der Waals surface area contributed by atoms with Crippen molar-refractivity contribution in [2.75, 3.05) is 0 Å². The van der Waals surface area contributed by atoms with Gasteiger partial charge in [0.25, 0.3) is 0 Å². The molecule has 0 heterocycles. The molecule has 0 amide bonds. The maximum atomic E-state index is 11.8. The SMILES string of the molecule is C=CC(=O)[O][Ti]([CH3])([O]C(=O)C=C)[C]1=C(C)C(C)=C(C)C1(C)C. The molecule has 0 radical (unpaired) electrons. The molecule has 120 valence electrons. The van der Waals surface area contributed by atoms with Crippen LogP contribution >= 0.6 is 0 Å². The predicted molar refractivity (Wildman–Crippen MR) is 83.3 cm³/mol. The van der Waals surface area contributed by atoms with Crippen molar-refractivity contribution in [1.82, 2.24) is 0 Å². The van der Waals surface area contributed by atoms with Gasteiger partial charge < -0.3 is 0 Å². The number of hydrogen-bond donors (Lipinski definition) is 0. The zero-order chi connectivity index (χ0) is 17.3. The van der Waals surface area contributed by atoms with Crippen LogP contribution in [0.1, 0.15) is 34.6 Å². The van der Waals surface area contributed by atoms with E-state index in [9.17, 15) is 9.59 Å². The first-order valence-corrected chi connectivity index (χ1v) is 10.7. The van der Waals surface area contributed by atoms with Gasteiger partial charge in [-0.15, -0.1) is 0 Å². The van der Waals surface area contributed by atoms with E-state index in [1.54, 1.807) is 5.23 Å².